The van der Waals surface area contributed by atoms with Crippen LogP contribution in [0.5, 0.6) is 0 Å². The van der Waals surface area contributed by atoms with Gasteiger partial charge in [-0.1, -0.05) is 12.8 Å². The molecule has 0 saturated carbocycles. The Kier molecular flexibility index (Phi) is 4.02. The lowest BCUT2D eigenvalue weighted by atomic mass is 10.1. The Morgan fingerprint density at radius 3 is 2.60 bits per heavy atom. The summed E-state index contributed by atoms with van der Waals surface area (Å²) in [5.74, 6) is -1.71. The standard InChI is InChI=1S/C12H15N3O5/c16-9-6-7(13-12(20)14-9)10(17)15-5-3-1-2-4-8(15)11(18)19/h6,8H,1-5H2,(H,18,19)(H2,13,14,16,20). The molecule has 1 saturated heterocycles. The number of aromatic nitrogens is 2. The number of amides is 1. The van der Waals surface area contributed by atoms with Crippen LogP contribution in [-0.2, 0) is 4.79 Å². The fourth-order valence-corrected chi connectivity index (χ4v) is 2.35. The molecule has 0 bridgehead atoms. The Balaban J connectivity index is 2.35. The van der Waals surface area contributed by atoms with Crippen LogP contribution in [0.25, 0.3) is 0 Å². The average molecular weight is 281 g/mol. The molecular formula is C12H15N3O5. The van der Waals surface area contributed by atoms with Crippen molar-refractivity contribution in [2.24, 2.45) is 0 Å². The van der Waals surface area contributed by atoms with Crippen LogP contribution in [0, 0.1) is 0 Å². The van der Waals surface area contributed by atoms with Crippen molar-refractivity contribution in [3.05, 3.63) is 32.6 Å². The van der Waals surface area contributed by atoms with E-state index in [4.69, 9.17) is 0 Å². The van der Waals surface area contributed by atoms with Gasteiger partial charge in [0.05, 0.1) is 0 Å². The molecule has 1 aliphatic heterocycles. The highest BCUT2D eigenvalue weighted by Gasteiger charge is 2.31. The second-order valence-electron chi connectivity index (χ2n) is 4.70. The van der Waals surface area contributed by atoms with Gasteiger partial charge in [0.15, 0.2) is 0 Å². The largest absolute Gasteiger partial charge is 0.480 e. The molecule has 1 aromatic rings. The molecule has 108 valence electrons. The summed E-state index contributed by atoms with van der Waals surface area (Å²) >= 11 is 0. The number of hydrogen-bond acceptors (Lipinski definition) is 4. The van der Waals surface area contributed by atoms with E-state index in [0.29, 0.717) is 19.4 Å². The summed E-state index contributed by atoms with van der Waals surface area (Å²) in [5, 5.41) is 9.20. The first kappa shape index (κ1) is 14.0. The molecule has 1 atom stereocenters. The number of carbonyl (C=O) groups is 2. The van der Waals surface area contributed by atoms with Gasteiger partial charge < -0.3 is 15.0 Å². The normalized spacial score (nSPS) is 19.4. The van der Waals surface area contributed by atoms with E-state index in [2.05, 4.69) is 4.98 Å². The van der Waals surface area contributed by atoms with Crippen molar-refractivity contribution in [1.82, 2.24) is 14.9 Å². The van der Waals surface area contributed by atoms with Gasteiger partial charge in [0, 0.05) is 12.6 Å². The lowest BCUT2D eigenvalue weighted by molar-refractivity contribution is -0.142. The number of aliphatic carboxylic acids is 1. The summed E-state index contributed by atoms with van der Waals surface area (Å²) in [5.41, 5.74) is -1.67. The second kappa shape index (κ2) is 5.72. The third-order valence-electron chi connectivity index (χ3n) is 3.29. The molecule has 2 heterocycles. The average Bonchev–Trinajstić information content (AvgIpc) is 2.62. The Morgan fingerprint density at radius 2 is 1.95 bits per heavy atom. The van der Waals surface area contributed by atoms with Crippen LogP contribution >= 0.6 is 0 Å². The quantitative estimate of drug-likeness (QED) is 0.676. The van der Waals surface area contributed by atoms with Gasteiger partial charge in [-0.15, -0.1) is 0 Å². The van der Waals surface area contributed by atoms with Crippen LogP contribution in [-0.4, -0.2) is 44.4 Å². The maximum absolute atomic E-state index is 12.3. The summed E-state index contributed by atoms with van der Waals surface area (Å²) in [6.07, 6.45) is 2.64. The number of nitrogens with one attached hydrogen (secondary N) is 2. The third-order valence-corrected chi connectivity index (χ3v) is 3.29. The summed E-state index contributed by atoms with van der Waals surface area (Å²) in [4.78, 5) is 51.4. The summed E-state index contributed by atoms with van der Waals surface area (Å²) in [7, 11) is 0. The molecule has 8 heteroatoms. The minimum absolute atomic E-state index is 0.188. The van der Waals surface area contributed by atoms with Crippen molar-refractivity contribution in [3.8, 4) is 0 Å². The summed E-state index contributed by atoms with van der Waals surface area (Å²) < 4.78 is 0. The fraction of sp³-hybridized carbons (Fsp3) is 0.500. The molecule has 0 radical (unpaired) electrons. The van der Waals surface area contributed by atoms with E-state index in [1.807, 2.05) is 4.98 Å². The molecule has 1 amide bonds. The zero-order chi connectivity index (χ0) is 14.7. The van der Waals surface area contributed by atoms with Gasteiger partial charge in [-0.2, -0.15) is 0 Å². The van der Waals surface area contributed by atoms with Gasteiger partial charge in [0.1, 0.15) is 11.7 Å². The number of rotatable bonds is 2. The number of nitrogens with zero attached hydrogens (tertiary/aromatic N) is 1. The van der Waals surface area contributed by atoms with Gasteiger partial charge in [0.25, 0.3) is 11.5 Å². The molecule has 1 fully saturated rings. The molecule has 1 aromatic heterocycles. The van der Waals surface area contributed by atoms with Crippen molar-refractivity contribution in [2.45, 2.75) is 31.7 Å². The molecule has 1 unspecified atom stereocenters. The molecule has 3 N–H and O–H groups in total. The van der Waals surface area contributed by atoms with E-state index < -0.39 is 29.2 Å². The van der Waals surface area contributed by atoms with Crippen LogP contribution in [0.1, 0.15) is 36.2 Å². The smallest absolute Gasteiger partial charge is 0.326 e. The Labute approximate surface area is 113 Å². The highest BCUT2D eigenvalue weighted by atomic mass is 16.4. The second-order valence-corrected chi connectivity index (χ2v) is 4.70. The molecule has 0 spiro atoms. The number of aromatic amines is 2. The number of carboxylic acid groups (broad SMARTS) is 1. The lowest BCUT2D eigenvalue weighted by Crippen LogP contribution is -2.45. The third kappa shape index (κ3) is 2.95. The van der Waals surface area contributed by atoms with E-state index in [9.17, 15) is 24.3 Å². The number of carbonyl (C=O) groups excluding carboxylic acids is 1. The summed E-state index contributed by atoms with van der Waals surface area (Å²) in [6.45, 7) is 0.296. The maximum atomic E-state index is 12.3. The fourth-order valence-electron chi connectivity index (χ4n) is 2.35. The summed E-state index contributed by atoms with van der Waals surface area (Å²) in [6, 6.07) is 0.0425. The van der Waals surface area contributed by atoms with Crippen molar-refractivity contribution in [1.29, 1.82) is 0 Å². The van der Waals surface area contributed by atoms with Gasteiger partial charge in [-0.05, 0) is 12.8 Å². The minimum atomic E-state index is -1.08. The van der Waals surface area contributed by atoms with Crippen LogP contribution < -0.4 is 11.2 Å². The predicted octanol–water partition coefficient (Wildman–Crippen LogP) is -0.467. The minimum Gasteiger partial charge on any atom is -0.480 e. The van der Waals surface area contributed by atoms with E-state index in [-0.39, 0.29) is 5.69 Å². The van der Waals surface area contributed by atoms with E-state index >= 15 is 0 Å². The van der Waals surface area contributed by atoms with Crippen molar-refractivity contribution < 1.29 is 14.7 Å². The Hall–Kier alpha value is -2.38. The molecule has 20 heavy (non-hydrogen) atoms. The van der Waals surface area contributed by atoms with Gasteiger partial charge in [-0.25, -0.2) is 9.59 Å². The highest BCUT2D eigenvalue weighted by Crippen LogP contribution is 2.18. The van der Waals surface area contributed by atoms with Crippen LogP contribution in [0.15, 0.2) is 15.7 Å². The predicted molar refractivity (Wildman–Crippen MR) is 68.6 cm³/mol. The highest BCUT2D eigenvalue weighted by molar-refractivity contribution is 5.94. The van der Waals surface area contributed by atoms with Gasteiger partial charge >= 0.3 is 11.7 Å². The van der Waals surface area contributed by atoms with Crippen LogP contribution in [0.3, 0.4) is 0 Å². The van der Waals surface area contributed by atoms with Gasteiger partial charge in [-0.3, -0.25) is 14.6 Å². The van der Waals surface area contributed by atoms with E-state index in [0.717, 1.165) is 18.9 Å². The van der Waals surface area contributed by atoms with Crippen LogP contribution in [0.4, 0.5) is 0 Å². The SMILES string of the molecule is O=C(O)C1CCCCCN1C(=O)c1cc(=O)[nH]c(=O)[nH]1. The Morgan fingerprint density at radius 1 is 1.20 bits per heavy atom. The number of likely N-dealkylation sites (tertiary alicyclic amines) is 1. The number of carboxylic acids is 1. The van der Waals surface area contributed by atoms with E-state index in [1.165, 1.54) is 4.90 Å². The van der Waals surface area contributed by atoms with Crippen LogP contribution in [0.2, 0.25) is 0 Å². The maximum Gasteiger partial charge on any atom is 0.326 e. The zero-order valence-corrected chi connectivity index (χ0v) is 10.7. The van der Waals surface area contributed by atoms with Crippen molar-refractivity contribution >= 4 is 11.9 Å². The Bertz CT molecular complexity index is 604. The lowest BCUT2D eigenvalue weighted by Gasteiger charge is -2.26. The van der Waals surface area contributed by atoms with Crippen molar-refractivity contribution in [2.75, 3.05) is 6.54 Å². The molecule has 8 nitrogen and oxygen atoms in total. The number of H-pyrrole nitrogens is 2. The number of hydrogen-bond donors (Lipinski definition) is 3. The first-order valence-electron chi connectivity index (χ1n) is 6.36. The molecule has 0 aromatic carbocycles. The molecular weight excluding hydrogens is 266 g/mol. The molecule has 1 aliphatic rings. The van der Waals surface area contributed by atoms with Crippen molar-refractivity contribution in [3.63, 3.8) is 0 Å². The molecule has 2 rings (SSSR count). The molecule has 0 aliphatic carbocycles. The van der Waals surface area contributed by atoms with Gasteiger partial charge in [0.2, 0.25) is 0 Å². The topological polar surface area (TPSA) is 123 Å². The first-order chi connectivity index (χ1) is 9.49. The zero-order valence-electron chi connectivity index (χ0n) is 10.7. The first-order valence-corrected chi connectivity index (χ1v) is 6.36. The van der Waals surface area contributed by atoms with E-state index in [1.54, 1.807) is 0 Å². The monoisotopic (exact) mass is 281 g/mol.